The smallest absolute Gasteiger partial charge is 0.0689 e. The summed E-state index contributed by atoms with van der Waals surface area (Å²) >= 11 is 0. The van der Waals surface area contributed by atoms with Gasteiger partial charge in [-0.15, -0.1) is 0 Å². The molecule has 0 aliphatic rings. The van der Waals surface area contributed by atoms with Crippen LogP contribution < -0.4 is 6.15 Å². The predicted octanol–water partition coefficient (Wildman–Crippen LogP) is -0.579. The van der Waals surface area contributed by atoms with Gasteiger partial charge in [0.2, 0.25) is 0 Å². The van der Waals surface area contributed by atoms with Crippen LogP contribution in [0.4, 0.5) is 0 Å². The number of quaternary nitrogens is 1. The number of rotatable bonds is 0. The summed E-state index contributed by atoms with van der Waals surface area (Å²) < 4.78 is 0. The molecule has 0 rings (SSSR count). The predicted molar refractivity (Wildman–Crippen MR) is 38.4 cm³/mol. The van der Waals surface area contributed by atoms with Crippen LogP contribution in [0, 0.1) is 75.9 Å². The van der Waals surface area contributed by atoms with Gasteiger partial charge in [-0.25, -0.2) is 0 Å². The van der Waals surface area contributed by atoms with Crippen LogP contribution >= 0.6 is 0 Å². The number of nitrogens with zero attached hydrogens (tertiary/aromatic N) is 3. The molecule has 0 saturated heterocycles. The van der Waals surface area contributed by atoms with Crippen molar-refractivity contribution in [1.29, 1.82) is 0 Å². The molecular formula is H4N4NpO11-6. The summed E-state index contributed by atoms with van der Waals surface area (Å²) in [5, 5.41) is 44.2. The molecule has 0 aromatic heterocycles. The van der Waals surface area contributed by atoms with Gasteiger partial charge in [-0.2, -0.15) is 0 Å². The molecule has 16 heteroatoms. The van der Waals surface area contributed by atoms with E-state index < -0.39 is 15.3 Å². The molecule has 0 heterocycles. The van der Waals surface area contributed by atoms with Gasteiger partial charge in [0.15, 0.2) is 0 Å². The van der Waals surface area contributed by atoms with Gasteiger partial charge >= 0.3 is 0 Å². The van der Waals surface area contributed by atoms with Crippen molar-refractivity contribution >= 4 is 0 Å². The Balaban J connectivity index is -0.0000000135. The van der Waals surface area contributed by atoms with E-state index in [9.17, 15) is 0 Å². The van der Waals surface area contributed by atoms with Gasteiger partial charge in [-0.3, -0.25) is 0 Å². The van der Waals surface area contributed by atoms with Crippen molar-refractivity contribution in [2.24, 2.45) is 0 Å². The second kappa shape index (κ2) is 37.5. The molecule has 16 heavy (non-hydrogen) atoms. The summed E-state index contributed by atoms with van der Waals surface area (Å²) in [6, 6.07) is 0. The van der Waals surface area contributed by atoms with E-state index >= 15 is 0 Å². The Morgan fingerprint density at radius 1 is 0.562 bits per heavy atom. The van der Waals surface area contributed by atoms with Crippen molar-refractivity contribution in [1.82, 2.24) is 6.15 Å². The zero-order valence-electron chi connectivity index (χ0n) is 7.28. The monoisotopic (exact) mass is 472 g/mol. The molecule has 101 valence electrons. The van der Waals surface area contributed by atoms with E-state index in [2.05, 4.69) is 0 Å². The Morgan fingerprint density at radius 3 is 0.562 bits per heavy atom. The summed E-state index contributed by atoms with van der Waals surface area (Å²) in [4.78, 5) is 24.8. The third-order valence-electron chi connectivity index (χ3n) is 0. The van der Waals surface area contributed by atoms with Crippen LogP contribution in [0.1, 0.15) is 0 Å². The molecule has 0 aliphatic heterocycles. The SMILES string of the molecule is O=[N+]([O-])[O-].O=[N+]([O-])[O-].O=[N+]([O-])[O-].[NH4+].[Np].[O-2].[O-2]. The van der Waals surface area contributed by atoms with Crippen molar-refractivity contribution in [2.45, 2.75) is 0 Å². The molecule has 4 N–H and O–H groups in total. The average molecular weight is 473 g/mol. The summed E-state index contributed by atoms with van der Waals surface area (Å²) in [5.74, 6) is 0. The second-order valence-electron chi connectivity index (χ2n) is 0.671. The van der Waals surface area contributed by atoms with Crippen molar-refractivity contribution in [3.63, 3.8) is 0 Å². The largest absolute Gasteiger partial charge is 2.00 e. The second-order valence-corrected chi connectivity index (χ2v) is 0.671. The third-order valence-corrected chi connectivity index (χ3v) is 0. The molecule has 0 saturated carbocycles. The van der Waals surface area contributed by atoms with E-state index in [0.29, 0.717) is 0 Å². The van der Waals surface area contributed by atoms with Crippen LogP contribution in [-0.4, -0.2) is 15.3 Å². The summed E-state index contributed by atoms with van der Waals surface area (Å²) in [5.41, 5.74) is 0. The van der Waals surface area contributed by atoms with E-state index in [-0.39, 0.29) is 47.0 Å². The maximum atomic E-state index is 8.25. The van der Waals surface area contributed by atoms with E-state index in [1.807, 2.05) is 0 Å². The molecule has 0 unspecified atom stereocenters. The Kier molecular flexibility index (Phi) is 110. The number of hydrogen-bond donors (Lipinski definition) is 1. The van der Waals surface area contributed by atoms with Crippen LogP contribution in [-0.2, 0) is 11.0 Å². The summed E-state index contributed by atoms with van der Waals surface area (Å²) in [6.45, 7) is 0. The molecule has 0 bridgehead atoms. The normalized spacial score (nSPS) is 4.50. The van der Waals surface area contributed by atoms with Gasteiger partial charge in [0.25, 0.3) is 0 Å². The zero-order chi connectivity index (χ0) is 10.7. The first kappa shape index (κ1) is 47.0. The van der Waals surface area contributed by atoms with Crippen molar-refractivity contribution < 1.29 is 56.2 Å². The van der Waals surface area contributed by atoms with Crippen LogP contribution in [0.25, 0.3) is 0 Å². The number of hydrogen-bond acceptors (Lipinski definition) is 9. The van der Waals surface area contributed by atoms with Gasteiger partial charge < -0.3 is 63.1 Å². The van der Waals surface area contributed by atoms with Gasteiger partial charge in [0.05, 0.1) is 15.3 Å². The maximum Gasteiger partial charge on any atom is 0.0689 e. The van der Waals surface area contributed by atoms with Crippen LogP contribution in [0.5, 0.6) is 0 Å². The van der Waals surface area contributed by atoms with Crippen molar-refractivity contribution in [3.05, 3.63) is 46.0 Å². The van der Waals surface area contributed by atoms with Gasteiger partial charge in [-0.05, 0) is 0 Å². The molecular weight excluding hydrogens is 469 g/mol. The third kappa shape index (κ3) is 727. The first-order valence-electron chi connectivity index (χ1n) is 1.64. The summed E-state index contributed by atoms with van der Waals surface area (Å²) in [7, 11) is 0. The average Bonchev–Trinajstić information content (AvgIpc) is 1.54. The Morgan fingerprint density at radius 2 is 0.562 bits per heavy atom. The van der Waals surface area contributed by atoms with E-state index in [1.54, 1.807) is 0 Å². The fraction of sp³-hybridized carbons (Fsp3) is 0. The Labute approximate surface area is 108 Å². The summed E-state index contributed by atoms with van der Waals surface area (Å²) in [6.07, 6.45) is 0. The van der Waals surface area contributed by atoms with E-state index in [0.717, 1.165) is 0 Å². The van der Waals surface area contributed by atoms with Crippen LogP contribution in [0.15, 0.2) is 0 Å². The molecule has 0 fully saturated rings. The van der Waals surface area contributed by atoms with Crippen LogP contribution in [0.3, 0.4) is 0 Å². The van der Waals surface area contributed by atoms with E-state index in [4.69, 9.17) is 46.0 Å². The molecule has 0 amide bonds. The topological polar surface area (TPSA) is 292 Å². The maximum absolute atomic E-state index is 8.25. The minimum Gasteiger partial charge on any atom is -2.00 e. The first-order chi connectivity index (χ1) is 5.20. The molecule has 0 aromatic carbocycles. The Hall–Kier alpha value is -1.51. The minimum atomic E-state index is -1.75. The molecule has 1 radical (unpaired) electrons. The van der Waals surface area contributed by atoms with Crippen molar-refractivity contribution in [3.8, 4) is 0 Å². The molecule has 0 aliphatic carbocycles. The molecule has 0 spiro atoms. The van der Waals surface area contributed by atoms with Gasteiger partial charge in [-0.1, -0.05) is 0 Å². The quantitative estimate of drug-likeness (QED) is 0.347. The van der Waals surface area contributed by atoms with Crippen molar-refractivity contribution in [2.75, 3.05) is 0 Å². The Bertz CT molecular complexity index is 116. The first-order valence-corrected chi connectivity index (χ1v) is 1.64. The fourth-order valence-electron chi connectivity index (χ4n) is 0. The molecule has 0 aromatic rings. The molecule has 15 nitrogen and oxygen atoms in total. The fourth-order valence-corrected chi connectivity index (χ4v) is 0. The van der Waals surface area contributed by atoms with E-state index in [1.165, 1.54) is 0 Å². The molecule has 0 atom stereocenters. The van der Waals surface area contributed by atoms with Crippen LogP contribution in [0.2, 0.25) is 0 Å². The van der Waals surface area contributed by atoms with Gasteiger partial charge in [0.1, 0.15) is 0 Å². The zero-order valence-corrected chi connectivity index (χ0v) is 11.0. The standard InChI is InChI=1S/3NO3.H3N.Np.2O/c3*2-1(3)4;;;;/h;;;1H3;;;/q3*-1;;;2*-2/p+1. The minimum absolute atomic E-state index is 0. The van der Waals surface area contributed by atoms with Gasteiger partial charge in [0, 0.05) is 29.9 Å².